The van der Waals surface area contributed by atoms with Crippen LogP contribution < -0.4 is 0 Å². The lowest BCUT2D eigenvalue weighted by molar-refractivity contribution is 1.38. The molecule has 3 heteroatoms. The number of hydrogen-bond donors (Lipinski definition) is 0. The molecule has 45 heavy (non-hydrogen) atoms. The fourth-order valence-corrected chi connectivity index (χ4v) is 6.17. The van der Waals surface area contributed by atoms with E-state index in [1.54, 1.807) is 0 Å². The molecule has 7 rings (SSSR count). The molecule has 0 bridgehead atoms. The third-order valence-corrected chi connectivity index (χ3v) is 8.56. The summed E-state index contributed by atoms with van der Waals surface area (Å²) in [4.78, 5) is 10.1. The van der Waals surface area contributed by atoms with Gasteiger partial charge in [0.25, 0.3) is 0 Å². The van der Waals surface area contributed by atoms with Crippen molar-refractivity contribution < 1.29 is 0 Å². The van der Waals surface area contributed by atoms with E-state index in [2.05, 4.69) is 130 Å². The maximum atomic E-state index is 9.49. The van der Waals surface area contributed by atoms with E-state index in [9.17, 15) is 5.26 Å². The van der Waals surface area contributed by atoms with Gasteiger partial charge in [-0.1, -0.05) is 103 Å². The largest absolute Gasteiger partial charge is 0.253 e. The molecule has 0 aliphatic heterocycles. The van der Waals surface area contributed by atoms with Gasteiger partial charge in [-0.3, -0.25) is 4.99 Å². The normalized spacial score (nSPS) is 11.6. The van der Waals surface area contributed by atoms with E-state index in [0.717, 1.165) is 72.5 Å². The molecule has 1 heterocycles. The van der Waals surface area contributed by atoms with Gasteiger partial charge in [0.05, 0.1) is 28.5 Å². The predicted octanol–water partition coefficient (Wildman–Crippen LogP) is 11.0. The number of benzene rings is 6. The van der Waals surface area contributed by atoms with Crippen molar-refractivity contribution in [3.05, 3.63) is 156 Å². The highest BCUT2D eigenvalue weighted by atomic mass is 14.7. The van der Waals surface area contributed by atoms with Crippen molar-refractivity contribution in [3.63, 3.8) is 0 Å². The van der Waals surface area contributed by atoms with Crippen LogP contribution in [0.2, 0.25) is 0 Å². The zero-order valence-corrected chi connectivity index (χ0v) is 25.5. The van der Waals surface area contributed by atoms with E-state index in [1.165, 1.54) is 10.8 Å². The lowest BCUT2D eigenvalue weighted by atomic mass is 9.89. The molecule has 0 N–H and O–H groups in total. The standard InChI is InChI=1S/C42H31N3/c1-27-10-4-8-14-40(27)44-29(3)35-23-21-33(25-39(35)34-22-16-30(26-43)24-28(34)2)31-17-19-32(20-18-31)42-38-13-6-5-11-36(38)37-12-7-9-15-41(37)45-42/h4-25H,1-3H3. The number of aliphatic imine (C=N–C) groups is 1. The number of para-hydroxylation sites is 2. The first-order valence-corrected chi connectivity index (χ1v) is 15.1. The van der Waals surface area contributed by atoms with Gasteiger partial charge in [0.1, 0.15) is 0 Å². The molecule has 0 atom stereocenters. The lowest BCUT2D eigenvalue weighted by Gasteiger charge is -2.16. The fraction of sp³-hybridized carbons (Fsp3) is 0.0714. The fourth-order valence-electron chi connectivity index (χ4n) is 6.17. The summed E-state index contributed by atoms with van der Waals surface area (Å²) in [7, 11) is 0. The highest BCUT2D eigenvalue weighted by Crippen LogP contribution is 2.36. The summed E-state index contributed by atoms with van der Waals surface area (Å²) in [5, 5.41) is 13.0. The van der Waals surface area contributed by atoms with E-state index < -0.39 is 0 Å². The van der Waals surface area contributed by atoms with Crippen molar-refractivity contribution in [1.82, 2.24) is 4.98 Å². The Bertz CT molecular complexity index is 2300. The van der Waals surface area contributed by atoms with Crippen LogP contribution in [-0.4, -0.2) is 10.7 Å². The summed E-state index contributed by atoms with van der Waals surface area (Å²) in [5.41, 5.74) is 13.3. The lowest BCUT2D eigenvalue weighted by Crippen LogP contribution is -2.00. The van der Waals surface area contributed by atoms with Crippen molar-refractivity contribution in [2.24, 2.45) is 4.99 Å². The smallest absolute Gasteiger partial charge is 0.0991 e. The molecule has 0 unspecified atom stereocenters. The molecule has 0 saturated carbocycles. The number of nitrogens with zero attached hydrogens (tertiary/aromatic N) is 3. The van der Waals surface area contributed by atoms with Gasteiger partial charge in [-0.05, 0) is 89.9 Å². The molecule has 3 nitrogen and oxygen atoms in total. The quantitative estimate of drug-likeness (QED) is 0.151. The maximum Gasteiger partial charge on any atom is 0.0991 e. The van der Waals surface area contributed by atoms with Crippen molar-refractivity contribution in [2.45, 2.75) is 20.8 Å². The minimum atomic E-state index is 0.657. The Morgan fingerprint density at radius 2 is 1.27 bits per heavy atom. The van der Waals surface area contributed by atoms with Gasteiger partial charge in [-0.15, -0.1) is 0 Å². The third kappa shape index (κ3) is 5.28. The summed E-state index contributed by atoms with van der Waals surface area (Å²) >= 11 is 0. The molecule has 1 aromatic heterocycles. The molecular weight excluding hydrogens is 546 g/mol. The van der Waals surface area contributed by atoms with E-state index in [4.69, 9.17) is 9.98 Å². The SMILES string of the molecule is CC(=Nc1ccccc1C)c1ccc(-c2ccc(-c3nc4ccccc4c4ccccc34)cc2)cc1-c1ccc(C#N)cc1C. The van der Waals surface area contributed by atoms with Crippen LogP contribution in [-0.2, 0) is 0 Å². The van der Waals surface area contributed by atoms with Gasteiger partial charge < -0.3 is 0 Å². The van der Waals surface area contributed by atoms with Crippen molar-refractivity contribution >= 4 is 33.1 Å². The van der Waals surface area contributed by atoms with Crippen molar-refractivity contribution in [3.8, 4) is 39.6 Å². The molecule has 7 aromatic rings. The minimum Gasteiger partial charge on any atom is -0.253 e. The monoisotopic (exact) mass is 577 g/mol. The summed E-state index contributed by atoms with van der Waals surface area (Å²) < 4.78 is 0. The first kappa shape index (κ1) is 28.0. The Hall–Kier alpha value is -5.85. The highest BCUT2D eigenvalue weighted by Gasteiger charge is 2.15. The topological polar surface area (TPSA) is 49.0 Å². The Morgan fingerprint density at radius 3 is 2.02 bits per heavy atom. The van der Waals surface area contributed by atoms with E-state index in [0.29, 0.717) is 5.56 Å². The zero-order chi connectivity index (χ0) is 30.9. The summed E-state index contributed by atoms with van der Waals surface area (Å²) in [6.07, 6.45) is 0. The van der Waals surface area contributed by atoms with Crippen LogP contribution >= 0.6 is 0 Å². The number of hydrogen-bond acceptors (Lipinski definition) is 3. The summed E-state index contributed by atoms with van der Waals surface area (Å²) in [6.45, 7) is 6.22. The van der Waals surface area contributed by atoms with Gasteiger partial charge in [0.2, 0.25) is 0 Å². The van der Waals surface area contributed by atoms with Gasteiger partial charge >= 0.3 is 0 Å². The number of pyridine rings is 1. The average Bonchev–Trinajstić information content (AvgIpc) is 3.08. The first-order chi connectivity index (χ1) is 22.0. The Kier molecular flexibility index (Phi) is 7.25. The van der Waals surface area contributed by atoms with E-state index in [1.807, 2.05) is 30.3 Å². The van der Waals surface area contributed by atoms with Crippen LogP contribution in [0.3, 0.4) is 0 Å². The molecular formula is C42H31N3. The number of aromatic nitrogens is 1. The van der Waals surface area contributed by atoms with Crippen LogP contribution in [0.4, 0.5) is 5.69 Å². The van der Waals surface area contributed by atoms with Gasteiger partial charge in [0, 0.05) is 27.6 Å². The zero-order valence-electron chi connectivity index (χ0n) is 25.5. The first-order valence-electron chi connectivity index (χ1n) is 15.1. The number of rotatable bonds is 5. The molecule has 214 valence electrons. The third-order valence-electron chi connectivity index (χ3n) is 8.56. The molecule has 0 fully saturated rings. The number of nitriles is 1. The molecule has 0 saturated heterocycles. The maximum absolute atomic E-state index is 9.49. The van der Waals surface area contributed by atoms with Crippen LogP contribution in [0.15, 0.2) is 138 Å². The molecule has 0 aliphatic rings. The second-order valence-corrected chi connectivity index (χ2v) is 11.5. The number of aryl methyl sites for hydroxylation is 2. The predicted molar refractivity (Wildman–Crippen MR) is 188 cm³/mol. The van der Waals surface area contributed by atoms with Crippen LogP contribution in [0.5, 0.6) is 0 Å². The van der Waals surface area contributed by atoms with E-state index in [-0.39, 0.29) is 0 Å². The number of fused-ring (bicyclic) bond motifs is 3. The Morgan fingerprint density at radius 1 is 0.600 bits per heavy atom. The molecule has 0 aliphatic carbocycles. The molecule has 6 aromatic carbocycles. The minimum absolute atomic E-state index is 0.657. The molecule has 0 radical (unpaired) electrons. The second kappa shape index (κ2) is 11.7. The Balaban J connectivity index is 1.33. The van der Waals surface area contributed by atoms with Gasteiger partial charge in [-0.25, -0.2) is 4.98 Å². The van der Waals surface area contributed by atoms with Crippen LogP contribution in [0.1, 0.15) is 29.2 Å². The summed E-state index contributed by atoms with van der Waals surface area (Å²) in [6, 6.07) is 48.5. The summed E-state index contributed by atoms with van der Waals surface area (Å²) in [5.74, 6) is 0. The molecule has 0 spiro atoms. The highest BCUT2D eigenvalue weighted by molar-refractivity contribution is 6.11. The van der Waals surface area contributed by atoms with Crippen LogP contribution in [0.25, 0.3) is 55.2 Å². The van der Waals surface area contributed by atoms with Gasteiger partial charge in [0.15, 0.2) is 0 Å². The Labute approximate surface area is 263 Å². The van der Waals surface area contributed by atoms with Crippen LogP contribution in [0, 0.1) is 25.2 Å². The molecule has 0 amide bonds. The van der Waals surface area contributed by atoms with Crippen molar-refractivity contribution in [1.29, 1.82) is 5.26 Å². The second-order valence-electron chi connectivity index (χ2n) is 11.5. The van der Waals surface area contributed by atoms with Gasteiger partial charge in [-0.2, -0.15) is 5.26 Å². The van der Waals surface area contributed by atoms with Crippen molar-refractivity contribution in [2.75, 3.05) is 0 Å². The van der Waals surface area contributed by atoms with E-state index >= 15 is 0 Å². The average molecular weight is 578 g/mol.